The number of piperidine rings is 1. The van der Waals surface area contributed by atoms with Gasteiger partial charge in [0.25, 0.3) is 5.69 Å². The maximum atomic E-state index is 13.0. The van der Waals surface area contributed by atoms with Crippen LogP contribution in [0.15, 0.2) is 41.8 Å². The van der Waals surface area contributed by atoms with Gasteiger partial charge in [-0.3, -0.25) is 14.9 Å². The van der Waals surface area contributed by atoms with E-state index >= 15 is 0 Å². The lowest BCUT2D eigenvalue weighted by Crippen LogP contribution is -2.42. The van der Waals surface area contributed by atoms with Crippen molar-refractivity contribution in [2.24, 2.45) is 11.8 Å². The summed E-state index contributed by atoms with van der Waals surface area (Å²) >= 11 is 1.72. The summed E-state index contributed by atoms with van der Waals surface area (Å²) in [6.07, 6.45) is 6.30. The Morgan fingerprint density at radius 1 is 1.10 bits per heavy atom. The lowest BCUT2D eigenvalue weighted by molar-refractivity contribution is -0.384. The molecule has 1 saturated heterocycles. The standard InChI is InChI=1S/C22H27N3O3S/c26-22(23-21(16-6-1-2-7-16)20-10-5-15-29-20)17-11-13-24(14-12-17)18-8-3-4-9-19(18)25(27)28/h3-5,8-10,15-17,21H,1-2,6-7,11-14H2,(H,23,26)/t21-/m1/s1. The largest absolute Gasteiger partial charge is 0.366 e. The van der Waals surface area contributed by atoms with Crippen molar-refractivity contribution >= 4 is 28.6 Å². The molecule has 1 aromatic carbocycles. The highest BCUT2D eigenvalue weighted by Crippen LogP contribution is 2.38. The second-order valence-electron chi connectivity index (χ2n) is 8.05. The average Bonchev–Trinajstić information content (AvgIpc) is 3.46. The maximum absolute atomic E-state index is 13.0. The van der Waals surface area contributed by atoms with Crippen LogP contribution in [0.25, 0.3) is 0 Å². The minimum absolute atomic E-state index is 0.0297. The van der Waals surface area contributed by atoms with Crippen LogP contribution >= 0.6 is 11.3 Å². The van der Waals surface area contributed by atoms with E-state index in [0.29, 0.717) is 24.7 Å². The molecule has 29 heavy (non-hydrogen) atoms. The van der Waals surface area contributed by atoms with Crippen LogP contribution in [0.4, 0.5) is 11.4 Å². The van der Waals surface area contributed by atoms with Crippen molar-refractivity contribution in [3.8, 4) is 0 Å². The third-order valence-electron chi connectivity index (χ3n) is 6.30. The lowest BCUT2D eigenvalue weighted by atomic mass is 9.92. The Kier molecular flexibility index (Phi) is 6.13. The predicted molar refractivity (Wildman–Crippen MR) is 115 cm³/mol. The van der Waals surface area contributed by atoms with Gasteiger partial charge in [0.1, 0.15) is 5.69 Å². The summed E-state index contributed by atoms with van der Waals surface area (Å²) in [5.74, 6) is 0.639. The number of nitrogens with one attached hydrogen (secondary N) is 1. The number of nitrogens with zero attached hydrogens (tertiary/aromatic N) is 2. The molecular formula is C22H27N3O3S. The molecule has 154 valence electrons. The fourth-order valence-electron chi connectivity index (χ4n) is 4.72. The van der Waals surface area contributed by atoms with E-state index in [1.54, 1.807) is 29.5 Å². The zero-order chi connectivity index (χ0) is 20.2. The summed E-state index contributed by atoms with van der Waals surface area (Å²) < 4.78 is 0. The second-order valence-corrected chi connectivity index (χ2v) is 9.03. The monoisotopic (exact) mass is 413 g/mol. The molecule has 6 nitrogen and oxygen atoms in total. The lowest BCUT2D eigenvalue weighted by Gasteiger charge is -2.34. The summed E-state index contributed by atoms with van der Waals surface area (Å²) in [7, 11) is 0. The van der Waals surface area contributed by atoms with Crippen LogP contribution in [0.3, 0.4) is 0 Å². The summed E-state index contributed by atoms with van der Waals surface area (Å²) in [6.45, 7) is 1.33. The van der Waals surface area contributed by atoms with Gasteiger partial charge >= 0.3 is 0 Å². The first kappa shape index (κ1) is 19.9. The zero-order valence-corrected chi connectivity index (χ0v) is 17.3. The van der Waals surface area contributed by atoms with Gasteiger partial charge < -0.3 is 10.2 Å². The van der Waals surface area contributed by atoms with E-state index in [4.69, 9.17) is 0 Å². The van der Waals surface area contributed by atoms with E-state index in [0.717, 1.165) is 12.8 Å². The predicted octanol–water partition coefficient (Wildman–Crippen LogP) is 4.92. The zero-order valence-electron chi connectivity index (χ0n) is 16.5. The summed E-state index contributed by atoms with van der Waals surface area (Å²) in [6, 6.07) is 11.2. The minimum Gasteiger partial charge on any atom is -0.366 e. The molecule has 2 aromatic rings. The van der Waals surface area contributed by atoms with E-state index in [9.17, 15) is 14.9 Å². The highest BCUT2D eigenvalue weighted by atomic mass is 32.1. The third-order valence-corrected chi connectivity index (χ3v) is 7.26. The quantitative estimate of drug-likeness (QED) is 0.539. The van der Waals surface area contributed by atoms with Crippen LogP contribution in [0.2, 0.25) is 0 Å². The van der Waals surface area contributed by atoms with Gasteiger partial charge in [-0.2, -0.15) is 0 Å². The molecule has 2 fully saturated rings. The number of carbonyl (C=O) groups excluding carboxylic acids is 1. The van der Waals surface area contributed by atoms with Gasteiger partial charge in [-0.05, 0) is 49.1 Å². The number of rotatable bonds is 6. The molecule has 7 heteroatoms. The molecule has 0 radical (unpaired) electrons. The van der Waals surface area contributed by atoms with Crippen LogP contribution in [0.5, 0.6) is 0 Å². The smallest absolute Gasteiger partial charge is 0.292 e. The first-order valence-corrected chi connectivity index (χ1v) is 11.3. The molecule has 1 aliphatic carbocycles. The Morgan fingerprint density at radius 2 is 1.83 bits per heavy atom. The van der Waals surface area contributed by atoms with Crippen LogP contribution < -0.4 is 10.2 Å². The summed E-state index contributed by atoms with van der Waals surface area (Å²) in [4.78, 5) is 27.3. The van der Waals surface area contributed by atoms with Gasteiger partial charge in [0.05, 0.1) is 11.0 Å². The van der Waals surface area contributed by atoms with Crippen LogP contribution in [0, 0.1) is 22.0 Å². The average molecular weight is 414 g/mol. The van der Waals surface area contributed by atoms with Crippen molar-refractivity contribution in [2.75, 3.05) is 18.0 Å². The first-order chi connectivity index (χ1) is 14.1. The van der Waals surface area contributed by atoms with Gasteiger partial charge in [0, 0.05) is 30.0 Å². The molecule has 1 aliphatic heterocycles. The van der Waals surface area contributed by atoms with Crippen LogP contribution in [0.1, 0.15) is 49.4 Å². The number of nitro groups is 1. The van der Waals surface area contributed by atoms with Crippen molar-refractivity contribution in [3.05, 3.63) is 56.8 Å². The van der Waals surface area contributed by atoms with Gasteiger partial charge in [-0.15, -0.1) is 11.3 Å². The van der Waals surface area contributed by atoms with E-state index in [1.165, 1.54) is 30.6 Å². The number of para-hydroxylation sites is 2. The van der Waals surface area contributed by atoms with Crippen molar-refractivity contribution < 1.29 is 9.72 Å². The molecule has 0 unspecified atom stereocenters. The van der Waals surface area contributed by atoms with E-state index < -0.39 is 0 Å². The van der Waals surface area contributed by atoms with Crippen molar-refractivity contribution in [1.29, 1.82) is 0 Å². The van der Waals surface area contributed by atoms with E-state index in [1.807, 2.05) is 11.0 Å². The fourth-order valence-corrected chi connectivity index (χ4v) is 5.59. The van der Waals surface area contributed by atoms with Crippen molar-refractivity contribution in [1.82, 2.24) is 5.32 Å². The number of benzene rings is 1. The van der Waals surface area contributed by atoms with E-state index in [2.05, 4.69) is 22.8 Å². The van der Waals surface area contributed by atoms with E-state index in [-0.39, 0.29) is 28.5 Å². The molecule has 2 heterocycles. The highest BCUT2D eigenvalue weighted by Gasteiger charge is 2.32. The molecule has 0 bridgehead atoms. The first-order valence-electron chi connectivity index (χ1n) is 10.5. The number of thiophene rings is 1. The fraction of sp³-hybridized carbons (Fsp3) is 0.500. The SMILES string of the molecule is O=C(N[C@@H](c1cccs1)C1CCCC1)C1CCN(c2ccccc2[N+](=O)[O-])CC1. The molecule has 0 spiro atoms. The number of anilines is 1. The molecule has 1 aromatic heterocycles. The molecular weight excluding hydrogens is 386 g/mol. The molecule has 1 amide bonds. The topological polar surface area (TPSA) is 75.5 Å². The Morgan fingerprint density at radius 3 is 2.48 bits per heavy atom. The second kappa shape index (κ2) is 8.95. The number of hydrogen-bond donors (Lipinski definition) is 1. The minimum atomic E-state index is -0.332. The maximum Gasteiger partial charge on any atom is 0.292 e. The normalized spacial score (nSPS) is 19.2. The number of hydrogen-bond acceptors (Lipinski definition) is 5. The van der Waals surface area contributed by atoms with Gasteiger partial charge in [-0.25, -0.2) is 0 Å². The van der Waals surface area contributed by atoms with Gasteiger partial charge in [-0.1, -0.05) is 31.0 Å². The van der Waals surface area contributed by atoms with Gasteiger partial charge in [0.2, 0.25) is 5.91 Å². The Hall–Kier alpha value is -2.41. The molecule has 1 saturated carbocycles. The number of amides is 1. The highest BCUT2D eigenvalue weighted by molar-refractivity contribution is 7.10. The number of nitro benzene ring substituents is 1. The summed E-state index contributed by atoms with van der Waals surface area (Å²) in [5, 5.41) is 16.8. The molecule has 4 rings (SSSR count). The third kappa shape index (κ3) is 4.45. The Bertz CT molecular complexity index is 841. The Labute approximate surface area is 175 Å². The van der Waals surface area contributed by atoms with Crippen molar-refractivity contribution in [2.45, 2.75) is 44.6 Å². The van der Waals surface area contributed by atoms with Crippen LogP contribution in [-0.2, 0) is 4.79 Å². The summed E-state index contributed by atoms with van der Waals surface area (Å²) in [5.41, 5.74) is 0.785. The molecule has 1 atom stereocenters. The van der Waals surface area contributed by atoms with Crippen molar-refractivity contribution in [3.63, 3.8) is 0 Å². The molecule has 1 N–H and O–H groups in total. The molecule has 2 aliphatic rings. The number of carbonyl (C=O) groups is 1. The van der Waals surface area contributed by atoms with Crippen LogP contribution in [-0.4, -0.2) is 23.9 Å². The Balaban J connectivity index is 1.39. The van der Waals surface area contributed by atoms with Gasteiger partial charge in [0.15, 0.2) is 0 Å².